The van der Waals surface area contributed by atoms with Gasteiger partial charge in [-0.05, 0) is 48.5 Å². The van der Waals surface area contributed by atoms with E-state index in [1.165, 1.54) is 31.4 Å². The van der Waals surface area contributed by atoms with Crippen LogP contribution in [0.15, 0.2) is 60.2 Å². The Morgan fingerprint density at radius 2 is 1.67 bits per heavy atom. The SMILES string of the molecule is COc1ccc(/C=C2\C(=O)NC(=O)N(c3ccc(Cl)c(Cl)c3)C2=O)c(OCc2ccc(Cl)cc2Cl)c1. The molecule has 1 N–H and O–H groups in total. The van der Waals surface area contributed by atoms with Crippen LogP contribution in [0.4, 0.5) is 10.5 Å². The number of hydrogen-bond donors (Lipinski definition) is 1. The van der Waals surface area contributed by atoms with Gasteiger partial charge in [-0.2, -0.15) is 0 Å². The summed E-state index contributed by atoms with van der Waals surface area (Å²) in [5, 5.41) is 3.46. The predicted molar refractivity (Wildman–Crippen MR) is 139 cm³/mol. The summed E-state index contributed by atoms with van der Waals surface area (Å²) in [7, 11) is 1.49. The van der Waals surface area contributed by atoms with E-state index in [4.69, 9.17) is 55.9 Å². The maximum absolute atomic E-state index is 13.2. The zero-order valence-corrected chi connectivity index (χ0v) is 21.5. The minimum absolute atomic E-state index is 0.0768. The van der Waals surface area contributed by atoms with Crippen LogP contribution < -0.4 is 19.7 Å². The molecule has 1 saturated heterocycles. The number of amides is 4. The molecule has 4 amide bonds. The molecule has 1 heterocycles. The number of ether oxygens (including phenoxy) is 2. The summed E-state index contributed by atoms with van der Waals surface area (Å²) in [6.45, 7) is 0.0768. The highest BCUT2D eigenvalue weighted by Crippen LogP contribution is 2.32. The Bertz CT molecular complexity index is 1420. The highest BCUT2D eigenvalue weighted by Gasteiger charge is 2.37. The van der Waals surface area contributed by atoms with Crippen LogP contribution in [0.3, 0.4) is 0 Å². The number of barbiturate groups is 1. The first-order valence-electron chi connectivity index (χ1n) is 10.3. The van der Waals surface area contributed by atoms with Crippen molar-refractivity contribution in [1.29, 1.82) is 0 Å². The summed E-state index contributed by atoms with van der Waals surface area (Å²) in [6, 6.07) is 13.2. The molecular weight excluding hydrogens is 550 g/mol. The summed E-state index contributed by atoms with van der Waals surface area (Å²) in [5.41, 5.74) is 0.919. The number of rotatable bonds is 6. The lowest BCUT2D eigenvalue weighted by Crippen LogP contribution is -2.54. The zero-order chi connectivity index (χ0) is 26.0. The molecule has 3 aromatic carbocycles. The maximum Gasteiger partial charge on any atom is 0.335 e. The third-order valence-electron chi connectivity index (χ3n) is 5.18. The van der Waals surface area contributed by atoms with Crippen molar-refractivity contribution in [2.45, 2.75) is 6.61 Å². The van der Waals surface area contributed by atoms with Crippen LogP contribution in [-0.4, -0.2) is 25.0 Å². The quantitative estimate of drug-likeness (QED) is 0.270. The number of nitrogens with one attached hydrogen (secondary N) is 1. The van der Waals surface area contributed by atoms with Crippen LogP contribution in [-0.2, 0) is 16.2 Å². The highest BCUT2D eigenvalue weighted by molar-refractivity contribution is 6.43. The number of benzene rings is 3. The first-order chi connectivity index (χ1) is 17.2. The van der Waals surface area contributed by atoms with Gasteiger partial charge in [0, 0.05) is 27.2 Å². The Morgan fingerprint density at radius 3 is 2.36 bits per heavy atom. The van der Waals surface area contributed by atoms with Gasteiger partial charge in [-0.1, -0.05) is 52.5 Å². The molecule has 11 heteroatoms. The Morgan fingerprint density at radius 1 is 0.889 bits per heavy atom. The van der Waals surface area contributed by atoms with E-state index in [-0.39, 0.29) is 27.9 Å². The first kappa shape index (κ1) is 25.9. The Labute approximate surface area is 226 Å². The van der Waals surface area contributed by atoms with Gasteiger partial charge in [-0.25, -0.2) is 9.69 Å². The fourth-order valence-electron chi connectivity index (χ4n) is 3.35. The predicted octanol–water partition coefficient (Wildman–Crippen LogP) is 6.55. The molecule has 7 nitrogen and oxygen atoms in total. The number of anilines is 1. The van der Waals surface area contributed by atoms with E-state index in [1.54, 1.807) is 36.4 Å². The van der Waals surface area contributed by atoms with Gasteiger partial charge >= 0.3 is 6.03 Å². The number of imide groups is 2. The molecule has 3 aromatic rings. The number of nitrogens with zero attached hydrogens (tertiary/aromatic N) is 1. The van der Waals surface area contributed by atoms with E-state index in [1.807, 2.05) is 0 Å². The molecule has 0 unspecified atom stereocenters. The van der Waals surface area contributed by atoms with Crippen LogP contribution in [0.25, 0.3) is 6.08 Å². The maximum atomic E-state index is 13.2. The van der Waals surface area contributed by atoms with E-state index in [0.29, 0.717) is 32.7 Å². The van der Waals surface area contributed by atoms with Gasteiger partial charge < -0.3 is 9.47 Å². The molecule has 4 rings (SSSR count). The van der Waals surface area contributed by atoms with Crippen molar-refractivity contribution in [3.05, 3.63) is 91.4 Å². The summed E-state index contributed by atoms with van der Waals surface area (Å²) in [4.78, 5) is 39.1. The molecule has 0 radical (unpaired) electrons. The second-order valence-corrected chi connectivity index (χ2v) is 9.14. The minimum Gasteiger partial charge on any atom is -0.497 e. The Balaban J connectivity index is 1.70. The number of halogens is 4. The third kappa shape index (κ3) is 5.44. The molecule has 0 aromatic heterocycles. The molecule has 0 spiro atoms. The van der Waals surface area contributed by atoms with Crippen LogP contribution in [0, 0.1) is 0 Å². The van der Waals surface area contributed by atoms with Crippen molar-refractivity contribution in [2.24, 2.45) is 0 Å². The first-order valence-corrected chi connectivity index (χ1v) is 11.8. The van der Waals surface area contributed by atoms with Gasteiger partial charge in [0.2, 0.25) is 0 Å². The fraction of sp³-hybridized carbons (Fsp3) is 0.0800. The molecule has 0 bridgehead atoms. The number of carbonyl (C=O) groups excluding carboxylic acids is 3. The zero-order valence-electron chi connectivity index (χ0n) is 18.5. The smallest absolute Gasteiger partial charge is 0.335 e. The lowest BCUT2D eigenvalue weighted by atomic mass is 10.1. The van der Waals surface area contributed by atoms with Gasteiger partial charge in [-0.3, -0.25) is 14.9 Å². The average molecular weight is 566 g/mol. The number of urea groups is 1. The van der Waals surface area contributed by atoms with Gasteiger partial charge in [0.25, 0.3) is 11.8 Å². The number of methoxy groups -OCH3 is 1. The van der Waals surface area contributed by atoms with Crippen molar-refractivity contribution < 1.29 is 23.9 Å². The number of hydrogen-bond acceptors (Lipinski definition) is 5. The molecule has 0 aliphatic carbocycles. The van der Waals surface area contributed by atoms with Crippen molar-refractivity contribution in [3.63, 3.8) is 0 Å². The molecular formula is C25H16Cl4N2O5. The van der Waals surface area contributed by atoms with Crippen LogP contribution in [0.5, 0.6) is 11.5 Å². The van der Waals surface area contributed by atoms with Crippen LogP contribution >= 0.6 is 46.4 Å². The van der Waals surface area contributed by atoms with E-state index in [9.17, 15) is 14.4 Å². The van der Waals surface area contributed by atoms with E-state index < -0.39 is 17.8 Å². The Kier molecular flexibility index (Phi) is 7.76. The van der Waals surface area contributed by atoms with Crippen molar-refractivity contribution in [1.82, 2.24) is 5.32 Å². The van der Waals surface area contributed by atoms with Crippen molar-refractivity contribution in [2.75, 3.05) is 12.0 Å². The standard InChI is InChI=1S/C25H16Cl4N2O5/c1-35-17-6-3-13(22(11-17)36-12-14-2-4-15(26)9-20(14)28)8-18-23(32)30-25(34)31(24(18)33)16-5-7-19(27)21(29)10-16/h2-11H,12H2,1H3,(H,30,32,34)/b18-8+. The summed E-state index contributed by atoms with van der Waals surface area (Å²) < 4.78 is 11.2. The fourth-order valence-corrected chi connectivity index (χ4v) is 4.11. The monoisotopic (exact) mass is 564 g/mol. The van der Waals surface area contributed by atoms with E-state index in [2.05, 4.69) is 5.32 Å². The molecule has 1 aliphatic rings. The molecule has 1 aliphatic heterocycles. The van der Waals surface area contributed by atoms with Gasteiger partial charge in [0.05, 0.1) is 22.8 Å². The second-order valence-electron chi connectivity index (χ2n) is 7.48. The van der Waals surface area contributed by atoms with Crippen LogP contribution in [0.1, 0.15) is 11.1 Å². The molecule has 0 atom stereocenters. The highest BCUT2D eigenvalue weighted by atomic mass is 35.5. The second kappa shape index (κ2) is 10.8. The summed E-state index contributed by atoms with van der Waals surface area (Å²) >= 11 is 24.2. The molecule has 0 saturated carbocycles. The lowest BCUT2D eigenvalue weighted by molar-refractivity contribution is -0.122. The third-order valence-corrected chi connectivity index (χ3v) is 6.51. The van der Waals surface area contributed by atoms with Gasteiger partial charge in [0.15, 0.2) is 0 Å². The minimum atomic E-state index is -0.913. The van der Waals surface area contributed by atoms with Crippen molar-refractivity contribution >= 4 is 76.0 Å². The molecule has 1 fully saturated rings. The topological polar surface area (TPSA) is 84.9 Å². The van der Waals surface area contributed by atoms with Gasteiger partial charge in [-0.15, -0.1) is 0 Å². The Hall–Kier alpha value is -3.23. The molecule has 184 valence electrons. The van der Waals surface area contributed by atoms with E-state index in [0.717, 1.165) is 4.90 Å². The number of carbonyl (C=O) groups is 3. The normalized spacial score (nSPS) is 14.8. The summed E-state index contributed by atoms with van der Waals surface area (Å²) in [6.07, 6.45) is 1.33. The van der Waals surface area contributed by atoms with Gasteiger partial charge in [0.1, 0.15) is 23.7 Å². The van der Waals surface area contributed by atoms with Crippen LogP contribution in [0.2, 0.25) is 20.1 Å². The molecule has 36 heavy (non-hydrogen) atoms. The van der Waals surface area contributed by atoms with E-state index >= 15 is 0 Å². The summed E-state index contributed by atoms with van der Waals surface area (Å²) in [5.74, 6) is -0.902. The van der Waals surface area contributed by atoms with Crippen molar-refractivity contribution in [3.8, 4) is 11.5 Å². The largest absolute Gasteiger partial charge is 0.497 e. The average Bonchev–Trinajstić information content (AvgIpc) is 2.83. The lowest BCUT2D eigenvalue weighted by Gasteiger charge is -2.26.